The molecule has 0 radical (unpaired) electrons. The minimum absolute atomic E-state index is 0.622. The molecule has 0 aliphatic heterocycles. The zero-order valence-corrected chi connectivity index (χ0v) is 12.5. The second-order valence-corrected chi connectivity index (χ2v) is 5.21. The van der Waals surface area contributed by atoms with Crippen molar-refractivity contribution in [3.63, 3.8) is 0 Å². The molecule has 0 bridgehead atoms. The summed E-state index contributed by atoms with van der Waals surface area (Å²) >= 11 is 0. The molecule has 0 saturated heterocycles. The van der Waals surface area contributed by atoms with Crippen LogP contribution in [-0.4, -0.2) is 30.6 Å². The Kier molecular flexibility index (Phi) is 5.38. The van der Waals surface area contributed by atoms with E-state index in [1.165, 1.54) is 0 Å². The summed E-state index contributed by atoms with van der Waals surface area (Å²) < 4.78 is 0. The molecule has 4 nitrogen and oxygen atoms in total. The quantitative estimate of drug-likeness (QED) is 0.843. The van der Waals surface area contributed by atoms with Crippen molar-refractivity contribution in [1.29, 1.82) is 0 Å². The summed E-state index contributed by atoms with van der Waals surface area (Å²) in [5.74, 6) is 3.54. The molecular formula is C14H26N4. The molecule has 1 aromatic rings. The van der Waals surface area contributed by atoms with Gasteiger partial charge in [-0.1, -0.05) is 20.8 Å². The van der Waals surface area contributed by atoms with Crippen molar-refractivity contribution < 1.29 is 0 Å². The number of hydrogen-bond acceptors (Lipinski definition) is 4. The van der Waals surface area contributed by atoms with Gasteiger partial charge in [-0.05, 0) is 19.3 Å². The van der Waals surface area contributed by atoms with Gasteiger partial charge in [0, 0.05) is 32.6 Å². The first-order valence-electron chi connectivity index (χ1n) is 6.76. The van der Waals surface area contributed by atoms with E-state index in [9.17, 15) is 0 Å². The fourth-order valence-electron chi connectivity index (χ4n) is 2.13. The molecular weight excluding hydrogens is 224 g/mol. The molecule has 1 rings (SSSR count). The van der Waals surface area contributed by atoms with Crippen LogP contribution in [0, 0.1) is 12.8 Å². The molecule has 1 N–H and O–H groups in total. The molecule has 0 unspecified atom stereocenters. The van der Waals surface area contributed by atoms with E-state index < -0.39 is 0 Å². The molecule has 1 aromatic heterocycles. The minimum Gasteiger partial charge on any atom is -0.373 e. The lowest BCUT2D eigenvalue weighted by Gasteiger charge is -2.23. The van der Waals surface area contributed by atoms with Gasteiger partial charge in [-0.25, -0.2) is 9.97 Å². The van der Waals surface area contributed by atoms with Crippen LogP contribution in [0.15, 0.2) is 0 Å². The maximum atomic E-state index is 4.70. The van der Waals surface area contributed by atoms with Crippen LogP contribution >= 0.6 is 0 Å². The van der Waals surface area contributed by atoms with Crippen molar-refractivity contribution >= 4 is 11.6 Å². The SMILES string of the molecule is CCCc1nc(NC)c(C)c(N(C)CC(C)C)n1. The van der Waals surface area contributed by atoms with Gasteiger partial charge in [-0.3, -0.25) is 0 Å². The van der Waals surface area contributed by atoms with Crippen LogP contribution < -0.4 is 10.2 Å². The van der Waals surface area contributed by atoms with E-state index in [2.05, 4.69) is 49.9 Å². The molecule has 0 spiro atoms. The summed E-state index contributed by atoms with van der Waals surface area (Å²) in [6.45, 7) is 9.68. The Morgan fingerprint density at radius 3 is 2.44 bits per heavy atom. The van der Waals surface area contributed by atoms with Crippen LogP contribution in [0.1, 0.15) is 38.6 Å². The Labute approximate surface area is 111 Å². The van der Waals surface area contributed by atoms with E-state index in [1.807, 2.05) is 7.05 Å². The Morgan fingerprint density at radius 1 is 1.28 bits per heavy atom. The molecule has 0 aromatic carbocycles. The van der Waals surface area contributed by atoms with Crippen LogP contribution in [0.25, 0.3) is 0 Å². The number of anilines is 2. The van der Waals surface area contributed by atoms with Crippen molar-refractivity contribution in [2.45, 2.75) is 40.5 Å². The van der Waals surface area contributed by atoms with Crippen LogP contribution in [0.2, 0.25) is 0 Å². The lowest BCUT2D eigenvalue weighted by molar-refractivity contribution is 0.631. The highest BCUT2D eigenvalue weighted by atomic mass is 15.2. The first-order chi connectivity index (χ1) is 8.49. The molecule has 18 heavy (non-hydrogen) atoms. The summed E-state index contributed by atoms with van der Waals surface area (Å²) in [7, 11) is 4.02. The third-order valence-electron chi connectivity index (χ3n) is 2.88. The van der Waals surface area contributed by atoms with Gasteiger partial charge in [0.15, 0.2) is 0 Å². The maximum Gasteiger partial charge on any atom is 0.137 e. The van der Waals surface area contributed by atoms with Gasteiger partial charge in [-0.15, -0.1) is 0 Å². The first-order valence-corrected chi connectivity index (χ1v) is 6.76. The van der Waals surface area contributed by atoms with Crippen molar-refractivity contribution in [3.8, 4) is 0 Å². The van der Waals surface area contributed by atoms with Crippen molar-refractivity contribution in [2.24, 2.45) is 5.92 Å². The normalized spacial score (nSPS) is 10.8. The average Bonchev–Trinajstić information content (AvgIpc) is 2.30. The highest BCUT2D eigenvalue weighted by molar-refractivity contribution is 5.58. The maximum absolute atomic E-state index is 4.70. The third kappa shape index (κ3) is 3.59. The monoisotopic (exact) mass is 250 g/mol. The summed E-state index contributed by atoms with van der Waals surface area (Å²) in [6.07, 6.45) is 2.00. The molecule has 0 aliphatic carbocycles. The van der Waals surface area contributed by atoms with Crippen LogP contribution in [-0.2, 0) is 6.42 Å². The molecule has 0 fully saturated rings. The number of hydrogen-bond donors (Lipinski definition) is 1. The Balaban J connectivity index is 3.11. The summed E-state index contributed by atoms with van der Waals surface area (Å²) in [6, 6.07) is 0. The summed E-state index contributed by atoms with van der Waals surface area (Å²) in [4.78, 5) is 11.5. The Bertz CT molecular complexity index is 388. The summed E-state index contributed by atoms with van der Waals surface area (Å²) in [5, 5.41) is 3.16. The van der Waals surface area contributed by atoms with Gasteiger partial charge < -0.3 is 10.2 Å². The number of rotatable bonds is 6. The fraction of sp³-hybridized carbons (Fsp3) is 0.714. The van der Waals surface area contributed by atoms with Crippen molar-refractivity contribution in [1.82, 2.24) is 9.97 Å². The second-order valence-electron chi connectivity index (χ2n) is 5.21. The third-order valence-corrected chi connectivity index (χ3v) is 2.88. The number of nitrogens with one attached hydrogen (secondary N) is 1. The van der Waals surface area contributed by atoms with Gasteiger partial charge in [-0.2, -0.15) is 0 Å². The zero-order valence-electron chi connectivity index (χ0n) is 12.5. The molecule has 102 valence electrons. The molecule has 0 aliphatic rings. The standard InChI is InChI=1S/C14H26N4/c1-7-8-12-16-13(15-5)11(4)14(17-12)18(6)9-10(2)3/h10H,7-9H2,1-6H3,(H,15,16,17). The topological polar surface area (TPSA) is 41.1 Å². The van der Waals surface area contributed by atoms with Gasteiger partial charge in [0.2, 0.25) is 0 Å². The number of nitrogens with zero attached hydrogens (tertiary/aromatic N) is 3. The number of aryl methyl sites for hydroxylation is 1. The van der Waals surface area contributed by atoms with Crippen LogP contribution in [0.3, 0.4) is 0 Å². The van der Waals surface area contributed by atoms with E-state index in [1.54, 1.807) is 0 Å². The Morgan fingerprint density at radius 2 is 1.94 bits per heavy atom. The predicted octanol–water partition coefficient (Wildman–Crippen LogP) is 2.87. The second kappa shape index (κ2) is 6.57. The van der Waals surface area contributed by atoms with E-state index in [0.717, 1.165) is 42.4 Å². The molecule has 0 saturated carbocycles. The Hall–Kier alpha value is -1.32. The highest BCUT2D eigenvalue weighted by Gasteiger charge is 2.14. The highest BCUT2D eigenvalue weighted by Crippen LogP contribution is 2.23. The molecule has 4 heteroatoms. The van der Waals surface area contributed by atoms with E-state index in [0.29, 0.717) is 5.92 Å². The molecule has 0 amide bonds. The summed E-state index contributed by atoms with van der Waals surface area (Å²) in [5.41, 5.74) is 1.13. The average molecular weight is 250 g/mol. The first kappa shape index (κ1) is 14.7. The van der Waals surface area contributed by atoms with Crippen molar-refractivity contribution in [3.05, 3.63) is 11.4 Å². The van der Waals surface area contributed by atoms with Gasteiger partial charge in [0.1, 0.15) is 17.5 Å². The minimum atomic E-state index is 0.622. The van der Waals surface area contributed by atoms with Crippen LogP contribution in [0.5, 0.6) is 0 Å². The van der Waals surface area contributed by atoms with E-state index in [4.69, 9.17) is 4.98 Å². The molecule has 1 heterocycles. The lowest BCUT2D eigenvalue weighted by atomic mass is 10.2. The van der Waals surface area contributed by atoms with Gasteiger partial charge >= 0.3 is 0 Å². The zero-order chi connectivity index (χ0) is 13.7. The fourth-order valence-corrected chi connectivity index (χ4v) is 2.13. The predicted molar refractivity (Wildman–Crippen MR) is 78.4 cm³/mol. The lowest BCUT2D eigenvalue weighted by Crippen LogP contribution is -2.25. The van der Waals surface area contributed by atoms with Crippen LogP contribution in [0.4, 0.5) is 11.6 Å². The van der Waals surface area contributed by atoms with Crippen molar-refractivity contribution in [2.75, 3.05) is 30.9 Å². The van der Waals surface area contributed by atoms with E-state index >= 15 is 0 Å². The number of aromatic nitrogens is 2. The van der Waals surface area contributed by atoms with E-state index in [-0.39, 0.29) is 0 Å². The smallest absolute Gasteiger partial charge is 0.137 e. The molecule has 0 atom stereocenters. The van der Waals surface area contributed by atoms with Gasteiger partial charge in [0.25, 0.3) is 0 Å². The van der Waals surface area contributed by atoms with Gasteiger partial charge in [0.05, 0.1) is 0 Å². The largest absolute Gasteiger partial charge is 0.373 e.